The van der Waals surface area contributed by atoms with Crippen LogP contribution in [0.1, 0.15) is 17.8 Å². The van der Waals surface area contributed by atoms with E-state index < -0.39 is 0 Å². The van der Waals surface area contributed by atoms with Crippen molar-refractivity contribution in [3.8, 4) is 10.6 Å². The van der Waals surface area contributed by atoms with Crippen LogP contribution in [0.15, 0.2) is 59.0 Å². The number of halogens is 1. The maximum absolute atomic E-state index is 6.31. The summed E-state index contributed by atoms with van der Waals surface area (Å²) in [7, 11) is 4.28. The number of hydrogen-bond donors (Lipinski definition) is 1. The summed E-state index contributed by atoms with van der Waals surface area (Å²) >= 11 is 9.28. The van der Waals surface area contributed by atoms with E-state index in [-0.39, 0.29) is 0 Å². The molecule has 36 heavy (non-hydrogen) atoms. The highest BCUT2D eigenvalue weighted by Crippen LogP contribution is 2.34. The molecule has 186 valence electrons. The molecule has 11 heteroatoms. The van der Waals surface area contributed by atoms with Gasteiger partial charge in [0.15, 0.2) is 16.1 Å². The van der Waals surface area contributed by atoms with Crippen molar-refractivity contribution in [1.82, 2.24) is 34.7 Å². The summed E-state index contributed by atoms with van der Waals surface area (Å²) in [5.41, 5.74) is 2.68. The van der Waals surface area contributed by atoms with Crippen molar-refractivity contribution in [2.24, 2.45) is 0 Å². The Morgan fingerprint density at radius 1 is 1.14 bits per heavy atom. The number of rotatable bonds is 8. The molecule has 4 heterocycles. The first-order chi connectivity index (χ1) is 17.4. The van der Waals surface area contributed by atoms with Gasteiger partial charge in [-0.25, -0.2) is 19.9 Å². The minimum Gasteiger partial charge on any atom is -0.315 e. The van der Waals surface area contributed by atoms with Gasteiger partial charge in [0, 0.05) is 42.5 Å². The van der Waals surface area contributed by atoms with Gasteiger partial charge in [-0.3, -0.25) is 9.88 Å². The van der Waals surface area contributed by atoms with Gasteiger partial charge < -0.3 is 10.2 Å². The van der Waals surface area contributed by atoms with Crippen LogP contribution in [0.25, 0.3) is 10.6 Å². The van der Waals surface area contributed by atoms with Gasteiger partial charge in [0.25, 0.3) is 0 Å². The van der Waals surface area contributed by atoms with Gasteiger partial charge in [0.2, 0.25) is 0 Å². The van der Waals surface area contributed by atoms with Gasteiger partial charge in [-0.1, -0.05) is 35.1 Å². The monoisotopic (exact) mass is 538 g/mol. The molecule has 3 aromatic heterocycles. The van der Waals surface area contributed by atoms with Gasteiger partial charge in [-0.2, -0.15) is 0 Å². The Bertz CT molecular complexity index is 1330. The quantitative estimate of drug-likeness (QED) is 0.297. The van der Waals surface area contributed by atoms with E-state index in [2.05, 4.69) is 49.1 Å². The fraction of sp³-hybridized carbons (Fsp3) is 0.320. The van der Waals surface area contributed by atoms with Crippen LogP contribution in [0, 0.1) is 6.92 Å². The number of aromatic nitrogens is 5. The maximum atomic E-state index is 6.31. The highest BCUT2D eigenvalue weighted by atomic mass is 35.5. The molecule has 5 rings (SSSR count). The predicted molar refractivity (Wildman–Crippen MR) is 146 cm³/mol. The molecule has 0 aliphatic carbocycles. The highest BCUT2D eigenvalue weighted by Gasteiger charge is 2.24. The lowest BCUT2D eigenvalue weighted by Crippen LogP contribution is -2.31. The molecule has 1 aliphatic heterocycles. The zero-order chi connectivity index (χ0) is 25.1. The number of hydrogen-bond acceptors (Lipinski definition) is 10. The molecule has 0 radical (unpaired) electrons. The van der Waals surface area contributed by atoms with E-state index in [4.69, 9.17) is 16.6 Å². The number of nitrogens with zero attached hydrogens (tertiary/aromatic N) is 7. The second-order valence-corrected chi connectivity index (χ2v) is 11.3. The third kappa shape index (κ3) is 6.19. The Morgan fingerprint density at radius 3 is 2.75 bits per heavy atom. The first-order valence-corrected chi connectivity index (χ1v) is 13.6. The van der Waals surface area contributed by atoms with Gasteiger partial charge >= 0.3 is 0 Å². The number of benzene rings is 1. The summed E-state index contributed by atoms with van der Waals surface area (Å²) in [6.45, 7) is 4.94. The molecule has 0 unspecified atom stereocenters. The minimum absolute atomic E-state index is 0.613. The molecule has 8 nitrogen and oxygen atoms in total. The summed E-state index contributed by atoms with van der Waals surface area (Å²) < 4.78 is 0. The summed E-state index contributed by atoms with van der Waals surface area (Å²) in [6.07, 6.45) is 6.61. The fourth-order valence-corrected chi connectivity index (χ4v) is 5.88. The zero-order valence-electron chi connectivity index (χ0n) is 20.3. The van der Waals surface area contributed by atoms with Crippen molar-refractivity contribution in [2.75, 3.05) is 32.5 Å². The summed E-state index contributed by atoms with van der Waals surface area (Å²) in [5.74, 6) is 0.668. The van der Waals surface area contributed by atoms with E-state index in [1.165, 1.54) is 29.5 Å². The molecule has 0 amide bonds. The number of likely N-dealkylation sites (N-methyl/N-ethyl adjacent to an activating group) is 1. The average molecular weight is 539 g/mol. The van der Waals surface area contributed by atoms with Crippen LogP contribution in [-0.4, -0.2) is 67.9 Å². The first-order valence-electron chi connectivity index (χ1n) is 11.6. The number of nitrogens with one attached hydrogen (secondary N) is 1. The summed E-state index contributed by atoms with van der Waals surface area (Å²) in [6, 6.07) is 10.3. The van der Waals surface area contributed by atoms with Crippen LogP contribution in [-0.2, 0) is 6.54 Å². The van der Waals surface area contributed by atoms with Crippen molar-refractivity contribution in [2.45, 2.75) is 36.0 Å². The number of aryl methyl sites for hydroxylation is 1. The minimum atomic E-state index is 0.613. The van der Waals surface area contributed by atoms with E-state index >= 15 is 0 Å². The lowest BCUT2D eigenvalue weighted by molar-refractivity contribution is 0.263. The molecule has 0 saturated carbocycles. The number of thiazole rings is 1. The number of likely N-dealkylation sites (tertiary alicyclic amines) is 1. The van der Waals surface area contributed by atoms with Crippen molar-refractivity contribution in [3.63, 3.8) is 0 Å². The Hall–Kier alpha value is -2.63. The first kappa shape index (κ1) is 25.0. The predicted octanol–water partition coefficient (Wildman–Crippen LogP) is 5.38. The second-order valence-electron chi connectivity index (χ2n) is 8.90. The topological polar surface area (TPSA) is 83.0 Å². The standard InChI is InChI=1S/C25H27ClN8S2/c1-16-10-20(31-25(30-16)35-21-7-5-4-6-19(21)26)22-12-29-24(36-22)32-23-13-27-17(11-28-23)14-34-9-8-18(15-34)33(2)3/h4-7,10-13,18H,8-9,14-15H2,1-3H3,(H,28,29,32)/t18-/m1/s1. The van der Waals surface area contributed by atoms with Crippen molar-refractivity contribution in [1.29, 1.82) is 0 Å². The van der Waals surface area contributed by atoms with E-state index in [0.29, 0.717) is 22.0 Å². The Morgan fingerprint density at radius 2 is 2.00 bits per heavy atom. The van der Waals surface area contributed by atoms with Gasteiger partial charge in [-0.05, 0) is 57.4 Å². The van der Waals surface area contributed by atoms with Crippen LogP contribution in [0.4, 0.5) is 10.9 Å². The smallest absolute Gasteiger partial charge is 0.193 e. The fourth-order valence-electron chi connectivity index (χ4n) is 4.01. The summed E-state index contributed by atoms with van der Waals surface area (Å²) in [4.78, 5) is 29.6. The van der Waals surface area contributed by atoms with Crippen LogP contribution >= 0.6 is 34.7 Å². The van der Waals surface area contributed by atoms with E-state index in [9.17, 15) is 0 Å². The van der Waals surface area contributed by atoms with Crippen LogP contribution in [0.2, 0.25) is 5.02 Å². The average Bonchev–Trinajstić information content (AvgIpc) is 3.52. The molecule has 1 atom stereocenters. The molecule has 0 bridgehead atoms. The highest BCUT2D eigenvalue weighted by molar-refractivity contribution is 7.99. The molecular formula is C25H27ClN8S2. The Balaban J connectivity index is 1.23. The van der Waals surface area contributed by atoms with E-state index in [1.54, 1.807) is 6.20 Å². The molecule has 1 fully saturated rings. The third-order valence-corrected chi connectivity index (χ3v) is 8.25. The molecule has 1 N–H and O–H groups in total. The largest absolute Gasteiger partial charge is 0.315 e. The van der Waals surface area contributed by atoms with Crippen LogP contribution < -0.4 is 5.32 Å². The molecule has 1 aliphatic rings. The Labute approximate surface area is 224 Å². The summed E-state index contributed by atoms with van der Waals surface area (Å²) in [5, 5.41) is 5.33. The molecule has 1 aromatic carbocycles. The second kappa shape index (κ2) is 11.2. The van der Waals surface area contributed by atoms with Gasteiger partial charge in [0.05, 0.1) is 33.7 Å². The molecule has 1 saturated heterocycles. The normalized spacial score (nSPS) is 16.1. The van der Waals surface area contributed by atoms with Crippen molar-refractivity contribution in [3.05, 3.63) is 65.3 Å². The molecule has 0 spiro atoms. The van der Waals surface area contributed by atoms with Crippen LogP contribution in [0.5, 0.6) is 0 Å². The van der Waals surface area contributed by atoms with E-state index in [0.717, 1.165) is 51.6 Å². The number of anilines is 2. The molecule has 4 aromatic rings. The van der Waals surface area contributed by atoms with Gasteiger partial charge in [0.1, 0.15) is 0 Å². The SMILES string of the molecule is Cc1cc(-c2cnc(Nc3cnc(CN4CC[C@@H](N(C)C)C4)cn3)s2)nc(Sc2ccccc2Cl)n1. The molecular weight excluding hydrogens is 512 g/mol. The van der Waals surface area contributed by atoms with Crippen molar-refractivity contribution >= 4 is 45.6 Å². The van der Waals surface area contributed by atoms with Crippen molar-refractivity contribution < 1.29 is 0 Å². The zero-order valence-corrected chi connectivity index (χ0v) is 22.7. The van der Waals surface area contributed by atoms with Gasteiger partial charge in [-0.15, -0.1) is 0 Å². The van der Waals surface area contributed by atoms with E-state index in [1.807, 2.05) is 49.6 Å². The van der Waals surface area contributed by atoms with Crippen LogP contribution in [0.3, 0.4) is 0 Å². The lowest BCUT2D eigenvalue weighted by Gasteiger charge is -2.20. The third-order valence-electron chi connectivity index (χ3n) is 5.93. The Kier molecular flexibility index (Phi) is 7.78. The lowest BCUT2D eigenvalue weighted by atomic mass is 10.2. The maximum Gasteiger partial charge on any atom is 0.193 e.